The predicted molar refractivity (Wildman–Crippen MR) is 96.7 cm³/mol. The molecule has 140 valence electrons. The van der Waals surface area contributed by atoms with E-state index in [1.165, 1.54) is 44.1 Å². The van der Waals surface area contributed by atoms with E-state index in [1.807, 2.05) is 12.1 Å². The fourth-order valence-corrected chi connectivity index (χ4v) is 3.89. The molecular weight excluding hydrogens is 337 g/mol. The summed E-state index contributed by atoms with van der Waals surface area (Å²) in [6.07, 6.45) is 7.68. The highest BCUT2D eigenvalue weighted by Gasteiger charge is 2.21. The van der Waals surface area contributed by atoms with Crippen LogP contribution in [-0.4, -0.2) is 0 Å². The van der Waals surface area contributed by atoms with E-state index in [4.69, 9.17) is 4.74 Å². The first-order valence-corrected chi connectivity index (χ1v) is 9.43. The summed E-state index contributed by atoms with van der Waals surface area (Å²) in [5, 5.41) is 0. The van der Waals surface area contributed by atoms with Crippen LogP contribution < -0.4 is 4.74 Å². The fraction of sp³-hybridized carbons (Fsp3) is 0.455. The highest BCUT2D eigenvalue weighted by molar-refractivity contribution is 5.30. The third kappa shape index (κ3) is 4.60. The van der Waals surface area contributed by atoms with Crippen LogP contribution in [-0.2, 0) is 6.61 Å². The molecule has 0 aromatic heterocycles. The lowest BCUT2D eigenvalue weighted by Crippen LogP contribution is -2.13. The van der Waals surface area contributed by atoms with Crippen LogP contribution in [0.5, 0.6) is 5.75 Å². The summed E-state index contributed by atoms with van der Waals surface area (Å²) in [4.78, 5) is 0. The molecule has 0 radical (unpaired) electrons. The van der Waals surface area contributed by atoms with Crippen LogP contribution in [0.2, 0.25) is 0 Å². The Labute approximate surface area is 153 Å². The van der Waals surface area contributed by atoms with Crippen LogP contribution >= 0.6 is 0 Å². The van der Waals surface area contributed by atoms with Gasteiger partial charge in [0.1, 0.15) is 12.4 Å². The molecule has 1 aliphatic carbocycles. The van der Waals surface area contributed by atoms with Crippen molar-refractivity contribution in [1.82, 2.24) is 0 Å². The number of ether oxygens (including phenoxy) is 1. The van der Waals surface area contributed by atoms with Gasteiger partial charge in [-0.15, -0.1) is 0 Å². The Balaban J connectivity index is 1.55. The topological polar surface area (TPSA) is 9.23 Å². The normalized spacial score (nSPS) is 20.2. The molecule has 0 spiro atoms. The molecule has 0 heterocycles. The van der Waals surface area contributed by atoms with Crippen molar-refractivity contribution in [3.63, 3.8) is 0 Å². The minimum absolute atomic E-state index is 0.00437. The Morgan fingerprint density at radius 2 is 1.54 bits per heavy atom. The number of benzene rings is 2. The molecule has 2 aromatic carbocycles. The summed E-state index contributed by atoms with van der Waals surface area (Å²) < 4.78 is 45.0. The van der Waals surface area contributed by atoms with E-state index in [1.54, 1.807) is 0 Å². The van der Waals surface area contributed by atoms with E-state index in [2.05, 4.69) is 19.1 Å². The zero-order valence-corrected chi connectivity index (χ0v) is 15.1. The zero-order chi connectivity index (χ0) is 18.5. The van der Waals surface area contributed by atoms with Gasteiger partial charge in [-0.05, 0) is 72.9 Å². The van der Waals surface area contributed by atoms with Crippen LogP contribution in [0.3, 0.4) is 0 Å². The molecule has 2 aromatic rings. The Morgan fingerprint density at radius 1 is 0.923 bits per heavy atom. The van der Waals surface area contributed by atoms with Crippen molar-refractivity contribution in [3.05, 3.63) is 65.0 Å². The molecule has 26 heavy (non-hydrogen) atoms. The molecule has 3 rings (SSSR count). The Hall–Kier alpha value is -1.97. The molecule has 0 N–H and O–H groups in total. The van der Waals surface area contributed by atoms with Crippen molar-refractivity contribution < 1.29 is 17.9 Å². The number of rotatable bonds is 6. The van der Waals surface area contributed by atoms with Crippen molar-refractivity contribution in [2.75, 3.05) is 0 Å². The van der Waals surface area contributed by atoms with Gasteiger partial charge in [-0.2, -0.15) is 0 Å². The molecule has 0 unspecified atom stereocenters. The second kappa shape index (κ2) is 8.61. The Bertz CT molecular complexity index is 696. The lowest BCUT2D eigenvalue weighted by Gasteiger charge is -2.28. The van der Waals surface area contributed by atoms with E-state index < -0.39 is 17.5 Å². The van der Waals surface area contributed by atoms with Crippen LogP contribution in [0.25, 0.3) is 0 Å². The first kappa shape index (κ1) is 18.8. The summed E-state index contributed by atoms with van der Waals surface area (Å²) in [5.74, 6) is -1.71. The summed E-state index contributed by atoms with van der Waals surface area (Å²) in [6, 6.07) is 9.86. The second-order valence-corrected chi connectivity index (χ2v) is 7.24. The molecule has 0 amide bonds. The SMILES string of the molecule is CCC[C@H]1CC[C@H](c2ccc(OCc3cc(F)c(F)c(F)c3)cc2)CC1. The molecule has 4 heteroatoms. The van der Waals surface area contributed by atoms with Crippen molar-refractivity contribution in [1.29, 1.82) is 0 Å². The minimum Gasteiger partial charge on any atom is -0.489 e. The zero-order valence-electron chi connectivity index (χ0n) is 15.1. The first-order valence-electron chi connectivity index (χ1n) is 9.43. The average molecular weight is 362 g/mol. The molecule has 1 nitrogen and oxygen atoms in total. The lowest BCUT2D eigenvalue weighted by molar-refractivity contribution is 0.301. The van der Waals surface area contributed by atoms with Crippen molar-refractivity contribution in [2.45, 2.75) is 58.0 Å². The van der Waals surface area contributed by atoms with E-state index in [0.717, 1.165) is 18.1 Å². The van der Waals surface area contributed by atoms with Gasteiger partial charge in [0, 0.05) is 0 Å². The molecular formula is C22H25F3O. The standard InChI is InChI=1S/C22H25F3O/c1-2-3-15-4-6-17(7-5-15)18-8-10-19(11-9-18)26-14-16-12-20(23)22(25)21(24)13-16/h8-13,15,17H,2-7,14H2,1H3/t15-,17-. The average Bonchev–Trinajstić information content (AvgIpc) is 2.66. The Kier molecular flexibility index (Phi) is 6.23. The summed E-state index contributed by atoms with van der Waals surface area (Å²) in [5.41, 5.74) is 1.59. The quantitative estimate of drug-likeness (QED) is 0.516. The molecule has 0 saturated heterocycles. The molecule has 1 saturated carbocycles. The monoisotopic (exact) mass is 362 g/mol. The van der Waals surface area contributed by atoms with E-state index >= 15 is 0 Å². The fourth-order valence-electron chi connectivity index (χ4n) is 3.89. The highest BCUT2D eigenvalue weighted by atomic mass is 19.2. The summed E-state index contributed by atoms with van der Waals surface area (Å²) >= 11 is 0. The highest BCUT2D eigenvalue weighted by Crippen LogP contribution is 2.37. The second-order valence-electron chi connectivity index (χ2n) is 7.24. The van der Waals surface area contributed by atoms with Crippen LogP contribution in [0.1, 0.15) is 62.5 Å². The number of halogens is 3. The minimum atomic E-state index is -1.45. The van der Waals surface area contributed by atoms with Gasteiger partial charge in [-0.1, -0.05) is 31.9 Å². The van der Waals surface area contributed by atoms with Gasteiger partial charge in [0.25, 0.3) is 0 Å². The van der Waals surface area contributed by atoms with Crippen LogP contribution in [0.15, 0.2) is 36.4 Å². The largest absolute Gasteiger partial charge is 0.489 e. The van der Waals surface area contributed by atoms with Crippen molar-refractivity contribution >= 4 is 0 Å². The van der Waals surface area contributed by atoms with Gasteiger partial charge < -0.3 is 4.74 Å². The molecule has 1 aliphatic rings. The molecule has 0 aliphatic heterocycles. The number of hydrogen-bond donors (Lipinski definition) is 0. The smallest absolute Gasteiger partial charge is 0.194 e. The summed E-state index contributed by atoms with van der Waals surface area (Å²) in [6.45, 7) is 2.25. The number of hydrogen-bond acceptors (Lipinski definition) is 1. The van der Waals surface area contributed by atoms with Crippen molar-refractivity contribution in [2.24, 2.45) is 5.92 Å². The molecule has 1 fully saturated rings. The van der Waals surface area contributed by atoms with Gasteiger partial charge in [0.15, 0.2) is 17.5 Å². The predicted octanol–water partition coefficient (Wildman–Crippen LogP) is 6.76. The third-order valence-electron chi connectivity index (χ3n) is 5.34. The molecule has 0 bridgehead atoms. The van der Waals surface area contributed by atoms with Gasteiger partial charge >= 0.3 is 0 Å². The van der Waals surface area contributed by atoms with E-state index in [9.17, 15) is 13.2 Å². The van der Waals surface area contributed by atoms with E-state index in [0.29, 0.717) is 11.7 Å². The van der Waals surface area contributed by atoms with Crippen LogP contribution in [0, 0.1) is 23.4 Å². The summed E-state index contributed by atoms with van der Waals surface area (Å²) in [7, 11) is 0. The Morgan fingerprint density at radius 3 is 2.12 bits per heavy atom. The van der Waals surface area contributed by atoms with Gasteiger partial charge in [0.05, 0.1) is 0 Å². The van der Waals surface area contributed by atoms with E-state index in [-0.39, 0.29) is 12.2 Å². The van der Waals surface area contributed by atoms with Crippen molar-refractivity contribution in [3.8, 4) is 5.75 Å². The van der Waals surface area contributed by atoms with Gasteiger partial charge in [-0.25, -0.2) is 13.2 Å². The maximum absolute atomic E-state index is 13.2. The molecule has 0 atom stereocenters. The maximum Gasteiger partial charge on any atom is 0.194 e. The third-order valence-corrected chi connectivity index (χ3v) is 5.34. The first-order chi connectivity index (χ1) is 12.6. The van der Waals surface area contributed by atoms with Crippen LogP contribution in [0.4, 0.5) is 13.2 Å². The maximum atomic E-state index is 13.2. The lowest BCUT2D eigenvalue weighted by atomic mass is 9.77. The van der Waals surface area contributed by atoms with Gasteiger partial charge in [-0.3, -0.25) is 0 Å². The van der Waals surface area contributed by atoms with Gasteiger partial charge in [0.2, 0.25) is 0 Å².